The van der Waals surface area contributed by atoms with Crippen LogP contribution in [0.5, 0.6) is 0 Å². The maximum absolute atomic E-state index is 10.7. The van der Waals surface area contributed by atoms with E-state index in [1.54, 1.807) is 11.8 Å². The van der Waals surface area contributed by atoms with E-state index in [-0.39, 0.29) is 5.91 Å². The van der Waals surface area contributed by atoms with E-state index in [4.69, 9.17) is 0 Å². The number of hydrogen-bond donors (Lipinski definition) is 1. The predicted octanol–water partition coefficient (Wildman–Crippen LogP) is 2.00. The van der Waals surface area contributed by atoms with Crippen LogP contribution in [0.3, 0.4) is 0 Å². The van der Waals surface area contributed by atoms with Gasteiger partial charge in [0.25, 0.3) is 0 Å². The minimum absolute atomic E-state index is 0.114. The first kappa shape index (κ1) is 10.5. The summed E-state index contributed by atoms with van der Waals surface area (Å²) in [6, 6.07) is 0. The average Bonchev–Trinajstić information content (AvgIpc) is 2.33. The van der Waals surface area contributed by atoms with E-state index in [2.05, 4.69) is 29.4 Å². The SMILES string of the molecule is CC(=O)Nc1nnc(SC(C)C)s1. The van der Waals surface area contributed by atoms with Crippen LogP contribution in [-0.2, 0) is 4.79 Å². The summed E-state index contributed by atoms with van der Waals surface area (Å²) in [4.78, 5) is 10.7. The van der Waals surface area contributed by atoms with Crippen LogP contribution in [0.2, 0.25) is 0 Å². The molecule has 0 aliphatic rings. The predicted molar refractivity (Wildman–Crippen MR) is 55.2 cm³/mol. The Morgan fingerprint density at radius 1 is 1.54 bits per heavy atom. The number of thioether (sulfide) groups is 1. The number of rotatable bonds is 3. The van der Waals surface area contributed by atoms with E-state index in [0.717, 1.165) is 4.34 Å². The average molecular weight is 217 g/mol. The number of carbonyl (C=O) groups excluding carboxylic acids is 1. The molecule has 0 spiro atoms. The Bertz CT molecular complexity index is 298. The summed E-state index contributed by atoms with van der Waals surface area (Å²) in [5, 5.41) is 11.4. The summed E-state index contributed by atoms with van der Waals surface area (Å²) in [7, 11) is 0. The minimum atomic E-state index is -0.114. The molecular formula is C7H11N3OS2. The monoisotopic (exact) mass is 217 g/mol. The van der Waals surface area contributed by atoms with Gasteiger partial charge in [0.1, 0.15) is 0 Å². The highest BCUT2D eigenvalue weighted by Gasteiger charge is 2.06. The smallest absolute Gasteiger partial charge is 0.223 e. The number of amides is 1. The third kappa shape index (κ3) is 3.73. The molecule has 1 amide bonds. The zero-order valence-corrected chi connectivity index (χ0v) is 9.33. The van der Waals surface area contributed by atoms with Crippen molar-refractivity contribution in [2.24, 2.45) is 0 Å². The van der Waals surface area contributed by atoms with Gasteiger partial charge in [-0.2, -0.15) is 0 Å². The Morgan fingerprint density at radius 3 is 2.77 bits per heavy atom. The molecule has 6 heteroatoms. The Balaban J connectivity index is 2.58. The fourth-order valence-corrected chi connectivity index (χ4v) is 2.68. The molecule has 0 aliphatic heterocycles. The third-order valence-electron chi connectivity index (χ3n) is 1.03. The number of carbonyl (C=O) groups is 1. The van der Waals surface area contributed by atoms with Crippen molar-refractivity contribution < 1.29 is 4.79 Å². The van der Waals surface area contributed by atoms with Gasteiger partial charge in [-0.25, -0.2) is 0 Å². The van der Waals surface area contributed by atoms with Crippen LogP contribution in [0.25, 0.3) is 0 Å². The highest BCUT2D eigenvalue weighted by atomic mass is 32.2. The van der Waals surface area contributed by atoms with Crippen LogP contribution in [0.4, 0.5) is 5.13 Å². The molecule has 0 radical (unpaired) electrons. The molecule has 13 heavy (non-hydrogen) atoms. The summed E-state index contributed by atoms with van der Waals surface area (Å²) in [5.74, 6) is -0.114. The van der Waals surface area contributed by atoms with E-state index in [1.807, 2.05) is 0 Å². The molecule has 0 fully saturated rings. The van der Waals surface area contributed by atoms with Crippen molar-refractivity contribution in [2.45, 2.75) is 30.4 Å². The number of hydrogen-bond acceptors (Lipinski definition) is 5. The van der Waals surface area contributed by atoms with Crippen LogP contribution in [0, 0.1) is 0 Å². The molecule has 0 atom stereocenters. The first-order valence-corrected chi connectivity index (χ1v) is 5.55. The van der Waals surface area contributed by atoms with Gasteiger partial charge < -0.3 is 5.32 Å². The zero-order valence-electron chi connectivity index (χ0n) is 7.70. The lowest BCUT2D eigenvalue weighted by Gasteiger charge is -1.96. The standard InChI is InChI=1S/C7H11N3OS2/c1-4(2)12-7-10-9-6(13-7)8-5(3)11/h4H,1-3H3,(H,8,9,11). The van der Waals surface area contributed by atoms with Gasteiger partial charge in [0.2, 0.25) is 11.0 Å². The zero-order chi connectivity index (χ0) is 9.84. The van der Waals surface area contributed by atoms with Crippen molar-refractivity contribution in [3.8, 4) is 0 Å². The Kier molecular flexibility index (Phi) is 3.68. The molecule has 0 bridgehead atoms. The maximum atomic E-state index is 10.7. The maximum Gasteiger partial charge on any atom is 0.223 e. The number of nitrogens with one attached hydrogen (secondary N) is 1. The molecule has 0 aliphatic carbocycles. The molecule has 1 heterocycles. The quantitative estimate of drug-likeness (QED) is 0.621. The van der Waals surface area contributed by atoms with Crippen molar-refractivity contribution in [1.29, 1.82) is 0 Å². The summed E-state index contributed by atoms with van der Waals surface area (Å²) in [6.45, 7) is 5.63. The molecule has 1 rings (SSSR count). The van der Waals surface area contributed by atoms with Gasteiger partial charge in [-0.05, 0) is 0 Å². The van der Waals surface area contributed by atoms with Gasteiger partial charge in [0.05, 0.1) is 0 Å². The molecule has 0 saturated heterocycles. The normalized spacial score (nSPS) is 10.5. The largest absolute Gasteiger partial charge is 0.301 e. The first-order chi connectivity index (χ1) is 6.08. The van der Waals surface area contributed by atoms with Gasteiger partial charge in [-0.3, -0.25) is 4.79 Å². The van der Waals surface area contributed by atoms with Crippen molar-refractivity contribution in [3.05, 3.63) is 0 Å². The first-order valence-electron chi connectivity index (χ1n) is 3.85. The molecule has 0 unspecified atom stereocenters. The Morgan fingerprint density at radius 2 is 2.23 bits per heavy atom. The lowest BCUT2D eigenvalue weighted by Crippen LogP contribution is -2.04. The molecule has 4 nitrogen and oxygen atoms in total. The van der Waals surface area contributed by atoms with E-state index >= 15 is 0 Å². The summed E-state index contributed by atoms with van der Waals surface area (Å²) >= 11 is 3.04. The Labute approximate surface area is 85.1 Å². The van der Waals surface area contributed by atoms with Gasteiger partial charge >= 0.3 is 0 Å². The highest BCUT2D eigenvalue weighted by molar-refractivity contribution is 8.01. The van der Waals surface area contributed by atoms with Crippen molar-refractivity contribution in [3.63, 3.8) is 0 Å². The molecule has 0 aromatic carbocycles. The fourth-order valence-electron chi connectivity index (χ4n) is 0.660. The van der Waals surface area contributed by atoms with E-state index in [9.17, 15) is 4.79 Å². The third-order valence-corrected chi connectivity index (χ3v) is 2.95. The summed E-state index contributed by atoms with van der Waals surface area (Å²) in [6.07, 6.45) is 0. The van der Waals surface area contributed by atoms with E-state index < -0.39 is 0 Å². The molecule has 0 saturated carbocycles. The molecule has 1 aromatic rings. The lowest BCUT2D eigenvalue weighted by molar-refractivity contribution is -0.114. The molecular weight excluding hydrogens is 206 g/mol. The minimum Gasteiger partial charge on any atom is -0.301 e. The Hall–Kier alpha value is -0.620. The fraction of sp³-hybridized carbons (Fsp3) is 0.571. The highest BCUT2D eigenvalue weighted by Crippen LogP contribution is 2.28. The van der Waals surface area contributed by atoms with Crippen LogP contribution in [0.15, 0.2) is 4.34 Å². The van der Waals surface area contributed by atoms with Crippen molar-refractivity contribution >= 4 is 34.1 Å². The van der Waals surface area contributed by atoms with E-state index in [0.29, 0.717) is 10.4 Å². The van der Waals surface area contributed by atoms with Gasteiger partial charge in [-0.1, -0.05) is 36.9 Å². The topological polar surface area (TPSA) is 54.9 Å². The summed E-state index contributed by atoms with van der Waals surface area (Å²) < 4.78 is 0.888. The van der Waals surface area contributed by atoms with Gasteiger partial charge in [0, 0.05) is 12.2 Å². The van der Waals surface area contributed by atoms with E-state index in [1.165, 1.54) is 18.3 Å². The van der Waals surface area contributed by atoms with Crippen LogP contribution in [-0.4, -0.2) is 21.4 Å². The number of anilines is 1. The second-order valence-corrected chi connectivity index (χ2v) is 5.52. The molecule has 1 aromatic heterocycles. The van der Waals surface area contributed by atoms with Crippen LogP contribution >= 0.6 is 23.1 Å². The second-order valence-electron chi connectivity index (χ2n) is 2.72. The molecule has 72 valence electrons. The van der Waals surface area contributed by atoms with Crippen LogP contribution in [0.1, 0.15) is 20.8 Å². The number of aromatic nitrogens is 2. The van der Waals surface area contributed by atoms with Crippen LogP contribution < -0.4 is 5.32 Å². The summed E-state index contributed by atoms with van der Waals surface area (Å²) in [5.41, 5.74) is 0. The van der Waals surface area contributed by atoms with Crippen molar-refractivity contribution in [2.75, 3.05) is 5.32 Å². The van der Waals surface area contributed by atoms with Crippen molar-refractivity contribution in [1.82, 2.24) is 10.2 Å². The lowest BCUT2D eigenvalue weighted by atomic mass is 10.6. The van der Waals surface area contributed by atoms with Gasteiger partial charge in [-0.15, -0.1) is 10.2 Å². The molecule has 1 N–H and O–H groups in total. The number of nitrogens with zero attached hydrogens (tertiary/aromatic N) is 2. The van der Waals surface area contributed by atoms with Gasteiger partial charge in [0.15, 0.2) is 4.34 Å². The second kappa shape index (κ2) is 4.57.